The zero-order valence-electron chi connectivity index (χ0n) is 15.3. The number of aromatic amines is 1. The molecule has 2 amide bonds. The smallest absolute Gasteiger partial charge is 0.319 e. The number of carbonyl (C=O) groups is 1. The van der Waals surface area contributed by atoms with Gasteiger partial charge in [-0.25, -0.2) is 4.79 Å². The highest BCUT2D eigenvalue weighted by Gasteiger charge is 2.12. The Balaban J connectivity index is 1.51. The van der Waals surface area contributed by atoms with Gasteiger partial charge < -0.3 is 10.6 Å². The van der Waals surface area contributed by atoms with E-state index in [4.69, 9.17) is 18.6 Å². The Hall–Kier alpha value is -2.41. The second kappa shape index (κ2) is 9.68. The van der Waals surface area contributed by atoms with Gasteiger partial charge in [-0.3, -0.25) is 5.10 Å². The lowest BCUT2D eigenvalue weighted by Crippen LogP contribution is -2.37. The van der Waals surface area contributed by atoms with Crippen LogP contribution in [0.15, 0.2) is 34.7 Å². The first-order valence-electron chi connectivity index (χ1n) is 8.66. The highest BCUT2D eigenvalue weighted by molar-refractivity contribution is 8.01. The summed E-state index contributed by atoms with van der Waals surface area (Å²) in [6.07, 6.45) is 6.31. The molecule has 0 radical (unpaired) electrons. The van der Waals surface area contributed by atoms with Crippen molar-refractivity contribution in [1.82, 2.24) is 15.5 Å². The Kier molecular flexibility index (Phi) is 7.03. The topological polar surface area (TPSA) is 73.7 Å². The lowest BCUT2D eigenvalue weighted by atomic mass is 10.1. The summed E-state index contributed by atoms with van der Waals surface area (Å²) in [6, 6.07) is 9.64. The summed E-state index contributed by atoms with van der Waals surface area (Å²) in [5, 5.41) is 13.6. The summed E-state index contributed by atoms with van der Waals surface area (Å²) in [4.78, 5) is 12.1. The van der Waals surface area contributed by atoms with Gasteiger partial charge in [-0.05, 0) is 42.8 Å². The number of benzene rings is 1. The molecule has 0 aliphatic heterocycles. The molecule has 0 aliphatic carbocycles. The van der Waals surface area contributed by atoms with E-state index in [1.54, 1.807) is 11.8 Å². The second-order valence-electron chi connectivity index (χ2n) is 6.00. The molecule has 0 aliphatic rings. The van der Waals surface area contributed by atoms with Crippen LogP contribution >= 0.6 is 35.3 Å². The third-order valence-electron chi connectivity index (χ3n) is 4.01. The van der Waals surface area contributed by atoms with Gasteiger partial charge in [0.25, 0.3) is 0 Å². The van der Waals surface area contributed by atoms with E-state index in [-0.39, 0.29) is 6.03 Å². The summed E-state index contributed by atoms with van der Waals surface area (Å²) in [7, 11) is 0. The number of rotatable bonds is 7. The maximum Gasteiger partial charge on any atom is 0.319 e. The number of hydrogen-bond acceptors (Lipinski definition) is 5. The molecule has 0 saturated carbocycles. The van der Waals surface area contributed by atoms with Gasteiger partial charge in [0, 0.05) is 42.4 Å². The number of aromatic nitrogens is 3. The summed E-state index contributed by atoms with van der Waals surface area (Å²) in [5.74, 6) is 3.54. The predicted octanol–water partition coefficient (Wildman–Crippen LogP) is 3.89. The van der Waals surface area contributed by atoms with Crippen LogP contribution in [0.25, 0.3) is 10.9 Å². The lowest BCUT2D eigenvalue weighted by Gasteiger charge is -2.08. The number of terminal acetylenes is 1. The molecule has 0 atom stereocenters. The van der Waals surface area contributed by atoms with Crippen molar-refractivity contribution in [3.05, 3.63) is 40.0 Å². The zero-order chi connectivity index (χ0) is 19.9. The van der Waals surface area contributed by atoms with E-state index < -0.39 is 0 Å². The fourth-order valence-corrected chi connectivity index (χ4v) is 4.78. The third-order valence-corrected chi connectivity index (χ3v) is 6.32. The van der Waals surface area contributed by atoms with E-state index in [1.165, 1.54) is 11.3 Å². The number of nitrogens with zero attached hydrogens (tertiary/aromatic N) is 2. The van der Waals surface area contributed by atoms with Crippen molar-refractivity contribution in [1.29, 1.82) is 0 Å². The first-order chi connectivity index (χ1) is 13.6. The zero-order valence-corrected chi connectivity index (χ0v) is 17.8. The van der Waals surface area contributed by atoms with Crippen molar-refractivity contribution in [2.24, 2.45) is 0 Å². The summed E-state index contributed by atoms with van der Waals surface area (Å²) in [6.45, 7) is 3.13. The Morgan fingerprint density at radius 1 is 1.43 bits per heavy atom. The molecule has 28 heavy (non-hydrogen) atoms. The number of carbonyl (C=O) groups excluding carboxylic acids is 1. The largest absolute Gasteiger partial charge is 0.338 e. The molecule has 0 fully saturated rings. The SMILES string of the molecule is C#CC[n+]1c(C)ccc2cc(NC(=O)NCCCSc3n[nH]c(=S)s3)ccc21. The average Bonchev–Trinajstić information content (AvgIpc) is 3.09. The Labute approximate surface area is 176 Å². The molecule has 2 aromatic heterocycles. The molecule has 0 unspecified atom stereocenters. The molecule has 3 rings (SSSR count). The van der Waals surface area contributed by atoms with Crippen LogP contribution in [-0.2, 0) is 6.54 Å². The molecular formula is C19H20N5OS3+. The Bertz CT molecular complexity index is 1080. The van der Waals surface area contributed by atoms with Crippen molar-refractivity contribution in [3.8, 4) is 12.3 Å². The number of pyridine rings is 1. The molecule has 3 N–H and O–H groups in total. The highest BCUT2D eigenvalue weighted by atomic mass is 32.2. The van der Waals surface area contributed by atoms with Crippen LogP contribution < -0.4 is 15.2 Å². The van der Waals surface area contributed by atoms with Crippen LogP contribution in [0.5, 0.6) is 0 Å². The van der Waals surface area contributed by atoms with Gasteiger partial charge in [-0.2, -0.15) is 9.67 Å². The molecule has 0 saturated heterocycles. The van der Waals surface area contributed by atoms with Gasteiger partial charge in [0.15, 0.2) is 14.0 Å². The van der Waals surface area contributed by atoms with E-state index in [2.05, 4.69) is 31.3 Å². The lowest BCUT2D eigenvalue weighted by molar-refractivity contribution is -0.664. The number of fused-ring (bicyclic) bond motifs is 1. The molecule has 2 heterocycles. The first kappa shape index (κ1) is 20.3. The first-order valence-corrected chi connectivity index (χ1v) is 10.9. The van der Waals surface area contributed by atoms with Crippen molar-refractivity contribution in [3.63, 3.8) is 0 Å². The minimum atomic E-state index is -0.219. The number of aryl methyl sites for hydroxylation is 1. The van der Waals surface area contributed by atoms with Crippen molar-refractivity contribution >= 4 is 57.9 Å². The normalized spacial score (nSPS) is 10.6. The Morgan fingerprint density at radius 3 is 3.04 bits per heavy atom. The van der Waals surface area contributed by atoms with E-state index in [0.717, 1.165) is 38.8 Å². The molecule has 144 valence electrons. The average molecular weight is 431 g/mol. The van der Waals surface area contributed by atoms with Gasteiger partial charge in [-0.1, -0.05) is 23.1 Å². The van der Waals surface area contributed by atoms with E-state index in [1.807, 2.05) is 37.3 Å². The van der Waals surface area contributed by atoms with Crippen LogP contribution in [-0.4, -0.2) is 28.5 Å². The molecule has 1 aromatic carbocycles. The van der Waals surface area contributed by atoms with Crippen molar-refractivity contribution < 1.29 is 9.36 Å². The van der Waals surface area contributed by atoms with Crippen LogP contribution in [0, 0.1) is 23.2 Å². The van der Waals surface area contributed by atoms with Gasteiger partial charge >= 0.3 is 6.03 Å². The standard InChI is InChI=1S/C19H19N5OS3/c1-3-10-24-13(2)5-6-14-12-15(7-8-16(14)24)21-17(25)20-9-4-11-27-19-23-22-18(26)28-19/h1,5-8,12H,4,9-11H2,2H3,(H2-,20,21,22,25,26)/p+1. The fraction of sp³-hybridized carbons (Fsp3) is 0.263. The monoisotopic (exact) mass is 430 g/mol. The second-order valence-corrected chi connectivity index (χ2v) is 9.01. The molecular weight excluding hydrogens is 410 g/mol. The van der Waals surface area contributed by atoms with E-state index in [9.17, 15) is 4.79 Å². The predicted molar refractivity (Wildman–Crippen MR) is 117 cm³/mol. The van der Waals surface area contributed by atoms with E-state index in [0.29, 0.717) is 17.0 Å². The van der Waals surface area contributed by atoms with Crippen LogP contribution in [0.4, 0.5) is 10.5 Å². The third kappa shape index (κ3) is 5.32. The number of urea groups is 1. The number of thioether (sulfide) groups is 1. The molecule has 3 aromatic rings. The molecule has 6 nitrogen and oxygen atoms in total. The number of anilines is 1. The number of H-pyrrole nitrogens is 1. The van der Waals surface area contributed by atoms with Gasteiger partial charge in [0.05, 0.1) is 0 Å². The molecule has 9 heteroatoms. The summed E-state index contributed by atoms with van der Waals surface area (Å²) in [5.41, 5.74) is 2.88. The Morgan fingerprint density at radius 2 is 2.29 bits per heavy atom. The fourth-order valence-electron chi connectivity index (χ4n) is 2.69. The van der Waals surface area contributed by atoms with Crippen molar-refractivity contribution in [2.75, 3.05) is 17.6 Å². The minimum absolute atomic E-state index is 0.219. The number of hydrogen-bond donors (Lipinski definition) is 3. The quantitative estimate of drug-likeness (QED) is 0.175. The maximum absolute atomic E-state index is 12.1. The summed E-state index contributed by atoms with van der Waals surface area (Å²) < 4.78 is 3.67. The molecule has 0 spiro atoms. The van der Waals surface area contributed by atoms with Gasteiger partial charge in [-0.15, -0.1) is 6.42 Å². The minimum Gasteiger partial charge on any atom is -0.338 e. The van der Waals surface area contributed by atoms with E-state index >= 15 is 0 Å². The van der Waals surface area contributed by atoms with Gasteiger partial charge in [0.2, 0.25) is 12.1 Å². The van der Waals surface area contributed by atoms with Crippen molar-refractivity contribution in [2.45, 2.75) is 24.2 Å². The van der Waals surface area contributed by atoms with Crippen LogP contribution in [0.2, 0.25) is 0 Å². The van der Waals surface area contributed by atoms with Gasteiger partial charge in [0.1, 0.15) is 0 Å². The van der Waals surface area contributed by atoms with Crippen LogP contribution in [0.1, 0.15) is 12.1 Å². The highest BCUT2D eigenvalue weighted by Crippen LogP contribution is 2.20. The van der Waals surface area contributed by atoms with Crippen LogP contribution in [0.3, 0.4) is 0 Å². The number of amides is 2. The maximum atomic E-state index is 12.1. The number of nitrogens with one attached hydrogen (secondary N) is 3. The molecule has 0 bridgehead atoms. The summed E-state index contributed by atoms with van der Waals surface area (Å²) >= 11 is 8.08.